The van der Waals surface area contributed by atoms with Crippen LogP contribution in [0.25, 0.3) is 0 Å². The highest BCUT2D eigenvalue weighted by molar-refractivity contribution is 7.89. The summed E-state index contributed by atoms with van der Waals surface area (Å²) in [6.07, 6.45) is 1.18. The van der Waals surface area contributed by atoms with Crippen molar-refractivity contribution >= 4 is 15.7 Å². The van der Waals surface area contributed by atoms with Crippen LogP contribution >= 0.6 is 0 Å². The monoisotopic (exact) mass is 380 g/mol. The van der Waals surface area contributed by atoms with Crippen molar-refractivity contribution in [1.82, 2.24) is 14.5 Å². The third-order valence-electron chi connectivity index (χ3n) is 4.44. The lowest BCUT2D eigenvalue weighted by molar-refractivity contribution is -0.384. The molecular weight excluding hydrogens is 360 g/mol. The maximum atomic E-state index is 12.7. The van der Waals surface area contributed by atoms with E-state index in [0.717, 1.165) is 0 Å². The number of hydrogen-bond donors (Lipinski definition) is 0. The highest BCUT2D eigenvalue weighted by atomic mass is 32.2. The lowest BCUT2D eigenvalue weighted by Crippen LogP contribution is -2.37. The van der Waals surface area contributed by atoms with Crippen molar-refractivity contribution in [2.75, 3.05) is 13.1 Å². The second-order valence-corrected chi connectivity index (χ2v) is 8.50. The first-order valence-corrected chi connectivity index (χ1v) is 9.81. The maximum absolute atomic E-state index is 12.7. The summed E-state index contributed by atoms with van der Waals surface area (Å²) in [5, 5.41) is 18.8. The molecule has 0 unspecified atom stereocenters. The number of nitro groups is 1. The van der Waals surface area contributed by atoms with Gasteiger partial charge >= 0.3 is 0 Å². The molecule has 1 aromatic carbocycles. The molecule has 0 bridgehead atoms. The zero-order valence-corrected chi connectivity index (χ0v) is 15.3. The number of rotatable bonds is 5. The van der Waals surface area contributed by atoms with E-state index in [1.54, 1.807) is 0 Å². The Morgan fingerprint density at radius 3 is 2.31 bits per heavy atom. The molecule has 0 radical (unpaired) electrons. The number of non-ortho nitro benzene ring substituents is 1. The van der Waals surface area contributed by atoms with Gasteiger partial charge in [0.2, 0.25) is 21.8 Å². The summed E-state index contributed by atoms with van der Waals surface area (Å²) in [5.41, 5.74) is -0.139. The van der Waals surface area contributed by atoms with Crippen molar-refractivity contribution in [2.45, 2.75) is 43.4 Å². The van der Waals surface area contributed by atoms with Crippen LogP contribution in [-0.4, -0.2) is 40.9 Å². The van der Waals surface area contributed by atoms with Crippen LogP contribution in [0, 0.1) is 10.1 Å². The lowest BCUT2D eigenvalue weighted by Gasteiger charge is -2.29. The van der Waals surface area contributed by atoms with Crippen LogP contribution in [0.1, 0.15) is 50.3 Å². The molecule has 2 heterocycles. The largest absolute Gasteiger partial charge is 0.425 e. The third-order valence-corrected chi connectivity index (χ3v) is 6.35. The molecule has 0 amide bonds. The van der Waals surface area contributed by atoms with E-state index in [9.17, 15) is 18.5 Å². The van der Waals surface area contributed by atoms with Gasteiger partial charge in [-0.15, -0.1) is 10.2 Å². The first-order valence-electron chi connectivity index (χ1n) is 8.37. The number of piperidine rings is 1. The topological polar surface area (TPSA) is 119 Å². The fourth-order valence-corrected chi connectivity index (χ4v) is 4.35. The first-order chi connectivity index (χ1) is 12.3. The van der Waals surface area contributed by atoms with Gasteiger partial charge in [0.1, 0.15) is 0 Å². The molecule has 3 rings (SSSR count). The molecule has 1 aliphatic heterocycles. The molecule has 9 nitrogen and oxygen atoms in total. The minimum absolute atomic E-state index is 0.0401. The molecule has 26 heavy (non-hydrogen) atoms. The molecule has 1 aromatic heterocycles. The Morgan fingerprint density at radius 2 is 1.81 bits per heavy atom. The molecule has 1 saturated heterocycles. The first kappa shape index (κ1) is 18.5. The van der Waals surface area contributed by atoms with Crippen molar-refractivity contribution < 1.29 is 17.8 Å². The van der Waals surface area contributed by atoms with Crippen LogP contribution < -0.4 is 0 Å². The van der Waals surface area contributed by atoms with Crippen LogP contribution in [0.4, 0.5) is 5.69 Å². The van der Waals surface area contributed by atoms with Crippen molar-refractivity contribution in [3.05, 3.63) is 46.2 Å². The molecule has 140 valence electrons. The van der Waals surface area contributed by atoms with E-state index in [2.05, 4.69) is 10.2 Å². The Kier molecular flexibility index (Phi) is 5.05. The number of hydrogen-bond acceptors (Lipinski definition) is 7. The second kappa shape index (κ2) is 7.12. The highest BCUT2D eigenvalue weighted by Gasteiger charge is 2.32. The molecule has 0 aliphatic carbocycles. The Bertz CT molecular complexity index is 884. The second-order valence-electron chi connectivity index (χ2n) is 6.56. The van der Waals surface area contributed by atoms with Gasteiger partial charge < -0.3 is 4.42 Å². The van der Waals surface area contributed by atoms with Crippen molar-refractivity contribution in [2.24, 2.45) is 0 Å². The minimum Gasteiger partial charge on any atom is -0.425 e. The van der Waals surface area contributed by atoms with E-state index in [-0.39, 0.29) is 22.4 Å². The van der Waals surface area contributed by atoms with Gasteiger partial charge in [-0.05, 0) is 25.0 Å². The zero-order chi connectivity index (χ0) is 18.9. The summed E-state index contributed by atoms with van der Waals surface area (Å²) in [5.74, 6) is 1.33. The van der Waals surface area contributed by atoms with E-state index in [1.807, 2.05) is 13.8 Å². The number of nitro benzene ring substituents is 1. The van der Waals surface area contributed by atoms with Crippen LogP contribution in [0.3, 0.4) is 0 Å². The number of benzene rings is 1. The van der Waals surface area contributed by atoms with Gasteiger partial charge in [0, 0.05) is 37.1 Å². The summed E-state index contributed by atoms with van der Waals surface area (Å²) >= 11 is 0. The quantitative estimate of drug-likeness (QED) is 0.577. The van der Waals surface area contributed by atoms with Gasteiger partial charge in [-0.2, -0.15) is 4.31 Å². The Balaban J connectivity index is 1.69. The van der Waals surface area contributed by atoms with Crippen molar-refractivity contribution in [1.29, 1.82) is 0 Å². The zero-order valence-electron chi connectivity index (χ0n) is 14.5. The fourth-order valence-electron chi connectivity index (χ4n) is 2.88. The van der Waals surface area contributed by atoms with Gasteiger partial charge in [0.15, 0.2) is 0 Å². The van der Waals surface area contributed by atoms with Crippen molar-refractivity contribution in [3.63, 3.8) is 0 Å². The van der Waals surface area contributed by atoms with E-state index in [1.165, 1.54) is 28.6 Å². The highest BCUT2D eigenvalue weighted by Crippen LogP contribution is 2.31. The van der Waals surface area contributed by atoms with Crippen LogP contribution in [0.2, 0.25) is 0 Å². The van der Waals surface area contributed by atoms with Crippen LogP contribution in [-0.2, 0) is 10.0 Å². The molecule has 0 saturated carbocycles. The Morgan fingerprint density at radius 1 is 1.19 bits per heavy atom. The van der Waals surface area contributed by atoms with Crippen molar-refractivity contribution in [3.8, 4) is 0 Å². The van der Waals surface area contributed by atoms with E-state index >= 15 is 0 Å². The predicted molar refractivity (Wildman–Crippen MR) is 92.2 cm³/mol. The Labute approximate surface area is 151 Å². The maximum Gasteiger partial charge on any atom is 0.269 e. The molecule has 10 heteroatoms. The smallest absolute Gasteiger partial charge is 0.269 e. The van der Waals surface area contributed by atoms with Gasteiger partial charge in [-0.3, -0.25) is 10.1 Å². The molecule has 0 atom stereocenters. The lowest BCUT2D eigenvalue weighted by atomic mass is 9.98. The molecular formula is C16H20N4O5S. The summed E-state index contributed by atoms with van der Waals surface area (Å²) in [4.78, 5) is 10.2. The van der Waals surface area contributed by atoms with Crippen LogP contribution in [0.5, 0.6) is 0 Å². The van der Waals surface area contributed by atoms with Gasteiger partial charge in [0.25, 0.3) is 5.69 Å². The minimum atomic E-state index is -3.67. The number of sulfonamides is 1. The van der Waals surface area contributed by atoms with Gasteiger partial charge in [-0.25, -0.2) is 8.42 Å². The molecule has 1 aliphatic rings. The van der Waals surface area contributed by atoms with Gasteiger partial charge in [0.05, 0.1) is 9.82 Å². The number of nitrogens with zero attached hydrogens (tertiary/aromatic N) is 4. The fraction of sp³-hybridized carbons (Fsp3) is 0.500. The van der Waals surface area contributed by atoms with E-state index in [0.29, 0.717) is 37.7 Å². The SMILES string of the molecule is CC(C)c1nnc(C2CCN(S(=O)(=O)c3ccc([N+](=O)[O-])cc3)CC2)o1. The summed E-state index contributed by atoms with van der Waals surface area (Å²) in [6.45, 7) is 4.61. The molecule has 2 aromatic rings. The summed E-state index contributed by atoms with van der Waals surface area (Å²) in [6, 6.07) is 4.94. The average molecular weight is 380 g/mol. The third kappa shape index (κ3) is 3.61. The van der Waals surface area contributed by atoms with E-state index < -0.39 is 14.9 Å². The van der Waals surface area contributed by atoms with Gasteiger partial charge in [-0.1, -0.05) is 13.8 Å². The number of aromatic nitrogens is 2. The standard InChI is InChI=1S/C16H20N4O5S/c1-11(2)15-17-18-16(25-15)12-7-9-19(10-8-12)26(23,24)14-5-3-13(4-6-14)20(21)22/h3-6,11-12H,7-10H2,1-2H3. The average Bonchev–Trinajstić information content (AvgIpc) is 3.12. The predicted octanol–water partition coefficient (Wildman–Crippen LogP) is 2.67. The summed E-state index contributed by atoms with van der Waals surface area (Å²) in [7, 11) is -3.67. The van der Waals surface area contributed by atoms with Crippen LogP contribution in [0.15, 0.2) is 33.6 Å². The molecule has 0 spiro atoms. The summed E-state index contributed by atoms with van der Waals surface area (Å²) < 4.78 is 32.5. The molecule has 1 fully saturated rings. The molecule has 0 N–H and O–H groups in total. The van der Waals surface area contributed by atoms with E-state index in [4.69, 9.17) is 4.42 Å². The normalized spacial score (nSPS) is 16.9. The Hall–Kier alpha value is -2.33.